The maximum Gasteiger partial charge on any atom is 0.245 e. The molecule has 1 amide bonds. The van der Waals surface area contributed by atoms with Gasteiger partial charge in [-0.05, 0) is 48.9 Å². The molecule has 0 bridgehead atoms. The monoisotopic (exact) mass is 333 g/mol. The molecule has 1 spiro atoms. The van der Waals surface area contributed by atoms with Gasteiger partial charge in [0.1, 0.15) is 17.8 Å². The summed E-state index contributed by atoms with van der Waals surface area (Å²) in [5, 5.41) is 0. The topological polar surface area (TPSA) is 29.5 Å². The number of aryl methyl sites for hydroxylation is 1. The number of hydrogen-bond acceptors (Lipinski definition) is 2. The van der Waals surface area contributed by atoms with Gasteiger partial charge in [-0.3, -0.25) is 4.79 Å². The number of amides is 1. The molecule has 0 saturated heterocycles. The summed E-state index contributed by atoms with van der Waals surface area (Å²) in [7, 11) is 0. The number of nitrogens with zero attached hydrogens (tertiary/aromatic N) is 1. The molecule has 1 atom stereocenters. The number of fused-ring (bicyclic) bond motifs is 4. The van der Waals surface area contributed by atoms with Crippen LogP contribution >= 0.6 is 0 Å². The lowest BCUT2D eigenvalue weighted by molar-refractivity contribution is -0.122. The first-order valence-electron chi connectivity index (χ1n) is 9.35. The molecule has 0 N–H and O–H groups in total. The van der Waals surface area contributed by atoms with Crippen LogP contribution < -0.4 is 9.64 Å². The second-order valence-corrected chi connectivity index (χ2v) is 7.78. The number of carbonyl (C=O) groups excluding carboxylic acids is 1. The van der Waals surface area contributed by atoms with E-state index >= 15 is 0 Å². The van der Waals surface area contributed by atoms with Crippen molar-refractivity contribution in [3.63, 3.8) is 0 Å². The molecule has 2 aromatic carbocycles. The van der Waals surface area contributed by atoms with Gasteiger partial charge in [-0.15, -0.1) is 0 Å². The minimum Gasteiger partial charge on any atom is -0.491 e. The van der Waals surface area contributed by atoms with Gasteiger partial charge in [0, 0.05) is 17.8 Å². The number of rotatable bonds is 2. The third-order valence-electron chi connectivity index (χ3n) is 6.22. The highest BCUT2D eigenvalue weighted by Gasteiger charge is 2.56. The predicted molar refractivity (Wildman–Crippen MR) is 98.2 cm³/mol. The molecule has 1 saturated carbocycles. The van der Waals surface area contributed by atoms with Gasteiger partial charge in [-0.1, -0.05) is 43.2 Å². The second-order valence-electron chi connectivity index (χ2n) is 7.78. The molecule has 5 rings (SSSR count). The van der Waals surface area contributed by atoms with E-state index in [9.17, 15) is 4.79 Å². The zero-order valence-electron chi connectivity index (χ0n) is 14.6. The average molecular weight is 333 g/mol. The fraction of sp³-hybridized carbons (Fsp3) is 0.409. The molecule has 3 heteroatoms. The third-order valence-corrected chi connectivity index (χ3v) is 6.22. The van der Waals surface area contributed by atoms with Crippen molar-refractivity contribution in [2.45, 2.75) is 38.0 Å². The number of ether oxygens (including phenoxy) is 1. The van der Waals surface area contributed by atoms with Gasteiger partial charge in [0.2, 0.25) is 5.91 Å². The Bertz CT molecular complexity index is 853. The minimum atomic E-state index is -0.655. The van der Waals surface area contributed by atoms with Crippen LogP contribution in [0.3, 0.4) is 0 Å². The summed E-state index contributed by atoms with van der Waals surface area (Å²) in [6.07, 6.45) is 5.08. The fourth-order valence-electron chi connectivity index (χ4n) is 4.92. The molecule has 2 aromatic rings. The van der Waals surface area contributed by atoms with E-state index in [-0.39, 0.29) is 5.91 Å². The van der Waals surface area contributed by atoms with E-state index < -0.39 is 5.41 Å². The maximum atomic E-state index is 13.7. The largest absolute Gasteiger partial charge is 0.491 e. The quantitative estimate of drug-likeness (QED) is 0.824. The normalized spacial score (nSPS) is 24.7. The maximum absolute atomic E-state index is 13.7. The van der Waals surface area contributed by atoms with Crippen molar-refractivity contribution >= 4 is 11.6 Å². The molecule has 2 aliphatic heterocycles. The van der Waals surface area contributed by atoms with Gasteiger partial charge < -0.3 is 9.64 Å². The Morgan fingerprint density at radius 1 is 1.12 bits per heavy atom. The summed E-state index contributed by atoms with van der Waals surface area (Å²) >= 11 is 0. The second kappa shape index (κ2) is 5.35. The molecule has 2 heterocycles. The molecular weight excluding hydrogens is 310 g/mol. The van der Waals surface area contributed by atoms with E-state index in [2.05, 4.69) is 37.3 Å². The Morgan fingerprint density at radius 2 is 1.92 bits per heavy atom. The third kappa shape index (κ3) is 2.01. The first-order chi connectivity index (χ1) is 12.2. The fourth-order valence-corrected chi connectivity index (χ4v) is 4.92. The molecule has 0 aromatic heterocycles. The molecule has 25 heavy (non-hydrogen) atoms. The van der Waals surface area contributed by atoms with Crippen molar-refractivity contribution in [2.24, 2.45) is 5.92 Å². The Morgan fingerprint density at radius 3 is 2.76 bits per heavy atom. The van der Waals surface area contributed by atoms with Crippen molar-refractivity contribution in [1.82, 2.24) is 0 Å². The summed E-state index contributed by atoms with van der Waals surface area (Å²) in [4.78, 5) is 15.7. The van der Waals surface area contributed by atoms with Crippen LogP contribution in [0.15, 0.2) is 42.5 Å². The van der Waals surface area contributed by atoms with E-state index in [1.165, 1.54) is 25.7 Å². The van der Waals surface area contributed by atoms with E-state index in [4.69, 9.17) is 4.74 Å². The summed E-state index contributed by atoms with van der Waals surface area (Å²) in [5.41, 5.74) is 3.73. The summed E-state index contributed by atoms with van der Waals surface area (Å²) in [5.74, 6) is 1.70. The molecule has 1 aliphatic carbocycles. The Hall–Kier alpha value is -2.29. The number of hydrogen-bond donors (Lipinski definition) is 0. The lowest BCUT2D eigenvalue weighted by atomic mass is 9.77. The lowest BCUT2D eigenvalue weighted by Gasteiger charge is -2.25. The van der Waals surface area contributed by atoms with Crippen molar-refractivity contribution < 1.29 is 9.53 Å². The Kier molecular flexibility index (Phi) is 3.21. The van der Waals surface area contributed by atoms with Crippen LogP contribution in [0.4, 0.5) is 5.69 Å². The van der Waals surface area contributed by atoms with Crippen LogP contribution in [0.25, 0.3) is 0 Å². The van der Waals surface area contributed by atoms with Crippen LogP contribution in [0.2, 0.25) is 0 Å². The van der Waals surface area contributed by atoms with Crippen molar-refractivity contribution in [2.75, 3.05) is 18.1 Å². The van der Waals surface area contributed by atoms with Crippen LogP contribution in [0.5, 0.6) is 5.75 Å². The Labute approximate surface area is 148 Å². The molecule has 0 radical (unpaired) electrons. The molecule has 3 nitrogen and oxygen atoms in total. The number of para-hydroxylation sites is 1. The molecule has 1 unspecified atom stereocenters. The summed E-state index contributed by atoms with van der Waals surface area (Å²) in [6, 6.07) is 14.5. The van der Waals surface area contributed by atoms with Crippen LogP contribution in [0, 0.1) is 12.8 Å². The highest BCUT2D eigenvalue weighted by Crippen LogP contribution is 2.52. The Balaban J connectivity index is 1.63. The van der Waals surface area contributed by atoms with Crippen LogP contribution in [-0.2, 0) is 10.2 Å². The summed E-state index contributed by atoms with van der Waals surface area (Å²) < 4.78 is 6.02. The first-order valence-corrected chi connectivity index (χ1v) is 9.35. The highest BCUT2D eigenvalue weighted by atomic mass is 16.5. The van der Waals surface area contributed by atoms with E-state index in [0.717, 1.165) is 34.7 Å². The van der Waals surface area contributed by atoms with Gasteiger partial charge >= 0.3 is 0 Å². The standard InChI is InChI=1S/C22H23NO2/c1-15-10-11-18-20(12-15)25-14-22(18)17-8-4-5-9-19(17)23(21(22)24)13-16-6-2-3-7-16/h4-5,8-12,16H,2-3,6-7,13-14H2,1H3. The zero-order valence-corrected chi connectivity index (χ0v) is 14.6. The van der Waals surface area contributed by atoms with E-state index in [1.807, 2.05) is 17.0 Å². The van der Waals surface area contributed by atoms with Gasteiger partial charge in [0.25, 0.3) is 0 Å². The minimum absolute atomic E-state index is 0.197. The smallest absolute Gasteiger partial charge is 0.245 e. The van der Waals surface area contributed by atoms with E-state index in [1.54, 1.807) is 0 Å². The molecule has 1 fully saturated rings. The van der Waals surface area contributed by atoms with Gasteiger partial charge in [0.05, 0.1) is 0 Å². The molecular formula is C22H23NO2. The molecule has 128 valence electrons. The summed E-state index contributed by atoms with van der Waals surface area (Å²) in [6.45, 7) is 3.33. The van der Waals surface area contributed by atoms with Gasteiger partial charge in [-0.2, -0.15) is 0 Å². The van der Waals surface area contributed by atoms with Gasteiger partial charge in [0.15, 0.2) is 0 Å². The number of carbonyl (C=O) groups is 1. The van der Waals surface area contributed by atoms with Crippen molar-refractivity contribution in [1.29, 1.82) is 0 Å². The van der Waals surface area contributed by atoms with E-state index in [0.29, 0.717) is 12.5 Å². The predicted octanol–water partition coefficient (Wildman–Crippen LogP) is 4.21. The molecule has 3 aliphatic rings. The average Bonchev–Trinajstić information content (AvgIpc) is 3.31. The number of benzene rings is 2. The van der Waals surface area contributed by atoms with Crippen LogP contribution in [0.1, 0.15) is 42.4 Å². The highest BCUT2D eigenvalue weighted by molar-refractivity contribution is 6.11. The zero-order chi connectivity index (χ0) is 17.0. The van der Waals surface area contributed by atoms with Crippen LogP contribution in [-0.4, -0.2) is 19.1 Å². The SMILES string of the molecule is Cc1ccc2c(c1)OCC21C(=O)N(CC2CCCC2)c2ccccc21. The first kappa shape index (κ1) is 15.0. The van der Waals surface area contributed by atoms with Crippen molar-refractivity contribution in [3.05, 3.63) is 59.2 Å². The number of anilines is 1. The van der Waals surface area contributed by atoms with Gasteiger partial charge in [-0.25, -0.2) is 0 Å². The van der Waals surface area contributed by atoms with Crippen molar-refractivity contribution in [3.8, 4) is 5.75 Å². The lowest BCUT2D eigenvalue weighted by Crippen LogP contribution is -2.43.